The third-order valence-electron chi connectivity index (χ3n) is 7.23. The predicted octanol–water partition coefficient (Wildman–Crippen LogP) is 2.29. The highest BCUT2D eigenvalue weighted by Gasteiger charge is 2.36. The van der Waals surface area contributed by atoms with Crippen molar-refractivity contribution in [1.29, 1.82) is 0 Å². The van der Waals surface area contributed by atoms with Crippen LogP contribution in [0.5, 0.6) is 23.0 Å². The van der Waals surface area contributed by atoms with E-state index < -0.39 is 0 Å². The molecule has 2 amide bonds. The second-order valence-corrected chi connectivity index (χ2v) is 9.58. The van der Waals surface area contributed by atoms with Crippen molar-refractivity contribution >= 4 is 17.5 Å². The van der Waals surface area contributed by atoms with Crippen molar-refractivity contribution in [3.63, 3.8) is 0 Å². The van der Waals surface area contributed by atoms with Crippen molar-refractivity contribution in [2.75, 3.05) is 67.0 Å². The van der Waals surface area contributed by atoms with E-state index in [1.807, 2.05) is 30.3 Å². The van der Waals surface area contributed by atoms with Gasteiger partial charge in [-0.15, -0.1) is 0 Å². The number of fused-ring (bicyclic) bond motifs is 1. The summed E-state index contributed by atoms with van der Waals surface area (Å²) in [5, 5.41) is 6.27. The number of hydrogen-bond acceptors (Lipinski definition) is 9. The number of amides is 2. The number of methoxy groups -OCH3 is 2. The van der Waals surface area contributed by atoms with Gasteiger partial charge in [-0.25, -0.2) is 5.01 Å². The summed E-state index contributed by atoms with van der Waals surface area (Å²) in [5.74, 6) is 2.13. The summed E-state index contributed by atoms with van der Waals surface area (Å²) in [6.45, 7) is 5.69. The first-order valence-electron chi connectivity index (χ1n) is 13.0. The maximum absolute atomic E-state index is 13.7. The van der Waals surface area contributed by atoms with Crippen LogP contribution in [0.1, 0.15) is 30.5 Å². The molecule has 11 heteroatoms. The molecular weight excluding hydrogens is 504 g/mol. The Labute approximate surface area is 227 Å². The lowest BCUT2D eigenvalue weighted by atomic mass is 9.97. The summed E-state index contributed by atoms with van der Waals surface area (Å²) in [4.78, 5) is 30.1. The van der Waals surface area contributed by atoms with Crippen LogP contribution in [0.3, 0.4) is 0 Å². The SMILES string of the molecule is COc1ccc(C2=NN(C(=O)CN(CCN3CCOCC3)C(C)=O)[C@@H](c3ccc4c(c3)OCO4)C2)c(OC)c1. The first-order valence-corrected chi connectivity index (χ1v) is 13.0. The normalized spacial score (nSPS) is 18.6. The van der Waals surface area contributed by atoms with Gasteiger partial charge in [0.2, 0.25) is 12.7 Å². The quantitative estimate of drug-likeness (QED) is 0.479. The van der Waals surface area contributed by atoms with Gasteiger partial charge in [-0.2, -0.15) is 5.10 Å². The molecular formula is C28H34N4O7. The van der Waals surface area contributed by atoms with Gasteiger partial charge in [-0.05, 0) is 29.8 Å². The van der Waals surface area contributed by atoms with E-state index in [0.717, 1.165) is 24.2 Å². The predicted molar refractivity (Wildman–Crippen MR) is 142 cm³/mol. The number of morpholine rings is 1. The Hall–Kier alpha value is -3.83. The van der Waals surface area contributed by atoms with E-state index in [0.29, 0.717) is 61.4 Å². The first kappa shape index (κ1) is 26.8. The highest BCUT2D eigenvalue weighted by atomic mass is 16.7. The van der Waals surface area contributed by atoms with Crippen LogP contribution in [-0.2, 0) is 14.3 Å². The van der Waals surface area contributed by atoms with Gasteiger partial charge in [0, 0.05) is 51.2 Å². The minimum atomic E-state index is -0.387. The zero-order chi connectivity index (χ0) is 27.4. The van der Waals surface area contributed by atoms with Crippen LogP contribution in [0, 0.1) is 0 Å². The monoisotopic (exact) mass is 538 g/mol. The lowest BCUT2D eigenvalue weighted by Gasteiger charge is -2.30. The molecule has 0 aromatic heterocycles. The number of ether oxygens (including phenoxy) is 5. The van der Waals surface area contributed by atoms with Crippen LogP contribution < -0.4 is 18.9 Å². The molecule has 5 rings (SSSR count). The van der Waals surface area contributed by atoms with Crippen molar-refractivity contribution in [2.24, 2.45) is 5.10 Å². The van der Waals surface area contributed by atoms with Gasteiger partial charge in [0.05, 0.1) is 39.2 Å². The molecule has 3 aliphatic rings. The average Bonchev–Trinajstić information content (AvgIpc) is 3.62. The molecule has 1 saturated heterocycles. The van der Waals surface area contributed by atoms with Crippen molar-refractivity contribution in [3.05, 3.63) is 47.5 Å². The van der Waals surface area contributed by atoms with E-state index in [9.17, 15) is 9.59 Å². The number of carbonyl (C=O) groups excluding carboxylic acids is 2. The van der Waals surface area contributed by atoms with E-state index in [1.165, 1.54) is 11.9 Å². The lowest BCUT2D eigenvalue weighted by molar-refractivity contribution is -0.140. The molecule has 11 nitrogen and oxygen atoms in total. The van der Waals surface area contributed by atoms with Gasteiger partial charge in [0.25, 0.3) is 5.91 Å². The van der Waals surface area contributed by atoms with Crippen molar-refractivity contribution < 1.29 is 33.3 Å². The minimum absolute atomic E-state index is 0.0722. The van der Waals surface area contributed by atoms with Gasteiger partial charge >= 0.3 is 0 Å². The smallest absolute Gasteiger partial charge is 0.262 e. The van der Waals surface area contributed by atoms with Crippen molar-refractivity contribution in [3.8, 4) is 23.0 Å². The molecule has 0 N–H and O–H groups in total. The highest BCUT2D eigenvalue weighted by molar-refractivity contribution is 6.05. The van der Waals surface area contributed by atoms with E-state index >= 15 is 0 Å². The Morgan fingerprint density at radius 3 is 2.59 bits per heavy atom. The number of hydrazone groups is 1. The summed E-state index contributed by atoms with van der Waals surface area (Å²) in [6.07, 6.45) is 0.460. The topological polar surface area (TPSA) is 102 Å². The summed E-state index contributed by atoms with van der Waals surface area (Å²) < 4.78 is 27.4. The van der Waals surface area contributed by atoms with E-state index in [4.69, 9.17) is 28.8 Å². The van der Waals surface area contributed by atoms with Crippen LogP contribution in [0.2, 0.25) is 0 Å². The third-order valence-corrected chi connectivity index (χ3v) is 7.23. The van der Waals surface area contributed by atoms with Gasteiger partial charge in [-0.3, -0.25) is 14.5 Å². The zero-order valence-electron chi connectivity index (χ0n) is 22.6. The Balaban J connectivity index is 1.40. The number of benzene rings is 2. The molecule has 0 bridgehead atoms. The Morgan fingerprint density at radius 1 is 1.05 bits per heavy atom. The molecule has 0 aliphatic carbocycles. The Morgan fingerprint density at radius 2 is 1.85 bits per heavy atom. The maximum atomic E-state index is 13.7. The number of nitrogens with zero attached hydrogens (tertiary/aromatic N) is 4. The fraction of sp³-hybridized carbons (Fsp3) is 0.464. The highest BCUT2D eigenvalue weighted by Crippen LogP contribution is 2.40. The molecule has 0 spiro atoms. The molecule has 3 aliphatic heterocycles. The lowest BCUT2D eigenvalue weighted by Crippen LogP contribution is -2.45. The number of carbonyl (C=O) groups is 2. The number of hydrogen-bond donors (Lipinski definition) is 0. The Kier molecular flexibility index (Phi) is 8.18. The zero-order valence-corrected chi connectivity index (χ0v) is 22.6. The second kappa shape index (κ2) is 11.9. The van der Waals surface area contributed by atoms with Gasteiger partial charge in [0.15, 0.2) is 11.5 Å². The minimum Gasteiger partial charge on any atom is -0.497 e. The summed E-state index contributed by atoms with van der Waals surface area (Å²) in [6, 6.07) is 10.8. The molecule has 1 fully saturated rings. The van der Waals surface area contributed by atoms with Gasteiger partial charge in [-0.1, -0.05) is 6.07 Å². The van der Waals surface area contributed by atoms with Crippen molar-refractivity contribution in [2.45, 2.75) is 19.4 Å². The van der Waals surface area contributed by atoms with E-state index in [2.05, 4.69) is 4.90 Å². The molecule has 2 aromatic carbocycles. The van der Waals surface area contributed by atoms with Crippen LogP contribution in [-0.4, -0.2) is 99.3 Å². The van der Waals surface area contributed by atoms with E-state index in [-0.39, 0.29) is 31.2 Å². The molecule has 0 unspecified atom stereocenters. The molecule has 39 heavy (non-hydrogen) atoms. The average molecular weight is 539 g/mol. The molecule has 0 saturated carbocycles. The fourth-order valence-corrected chi connectivity index (χ4v) is 4.99. The Bertz CT molecular complexity index is 1240. The van der Waals surface area contributed by atoms with Crippen molar-refractivity contribution in [1.82, 2.24) is 14.8 Å². The largest absolute Gasteiger partial charge is 0.497 e. The van der Waals surface area contributed by atoms with Gasteiger partial charge in [0.1, 0.15) is 18.0 Å². The first-order chi connectivity index (χ1) is 19.0. The van der Waals surface area contributed by atoms with Gasteiger partial charge < -0.3 is 28.6 Å². The molecule has 0 radical (unpaired) electrons. The maximum Gasteiger partial charge on any atom is 0.262 e. The molecule has 2 aromatic rings. The fourth-order valence-electron chi connectivity index (χ4n) is 4.99. The summed E-state index contributed by atoms with van der Waals surface area (Å²) in [7, 11) is 3.18. The standard InChI is InChI=1S/C28H34N4O7/c1-19(33)31(9-8-30-10-12-37-13-11-30)17-28(34)32-24(20-4-7-25-27(14-20)39-18-38-25)16-23(29-32)22-6-5-21(35-2)15-26(22)36-3/h4-7,14-15,24H,8-13,16-18H2,1-3H3/t24-/m1/s1. The van der Waals surface area contributed by atoms with Crippen LogP contribution in [0.15, 0.2) is 41.5 Å². The molecule has 1 atom stereocenters. The summed E-state index contributed by atoms with van der Waals surface area (Å²) >= 11 is 0. The van der Waals surface area contributed by atoms with Crippen LogP contribution >= 0.6 is 0 Å². The molecule has 3 heterocycles. The van der Waals surface area contributed by atoms with Crippen LogP contribution in [0.25, 0.3) is 0 Å². The molecule has 208 valence electrons. The summed E-state index contributed by atoms with van der Waals surface area (Å²) in [5.41, 5.74) is 2.34. The number of rotatable bonds is 9. The van der Waals surface area contributed by atoms with E-state index in [1.54, 1.807) is 25.2 Å². The second-order valence-electron chi connectivity index (χ2n) is 9.58. The van der Waals surface area contributed by atoms with Crippen LogP contribution in [0.4, 0.5) is 0 Å². The third kappa shape index (κ3) is 5.94.